The Labute approximate surface area is 169 Å². The van der Waals surface area contributed by atoms with Crippen molar-refractivity contribution in [2.75, 3.05) is 25.1 Å². The summed E-state index contributed by atoms with van der Waals surface area (Å²) in [5.41, 5.74) is 0.163. The zero-order chi connectivity index (χ0) is 20.3. The number of rotatable bonds is 5. The number of hydrogen-bond donors (Lipinski definition) is 1. The van der Waals surface area contributed by atoms with Crippen LogP contribution in [0.4, 0.5) is 10.1 Å². The molecule has 0 atom stereocenters. The minimum absolute atomic E-state index is 0.208. The lowest BCUT2D eigenvalue weighted by Gasteiger charge is -2.36. The van der Waals surface area contributed by atoms with Crippen molar-refractivity contribution in [3.63, 3.8) is 0 Å². The summed E-state index contributed by atoms with van der Waals surface area (Å²) >= 11 is 0. The molecule has 1 saturated heterocycles. The van der Waals surface area contributed by atoms with E-state index in [9.17, 15) is 9.18 Å². The predicted molar refractivity (Wildman–Crippen MR) is 112 cm³/mol. The van der Waals surface area contributed by atoms with Gasteiger partial charge < -0.3 is 14.8 Å². The quantitative estimate of drug-likeness (QED) is 0.659. The van der Waals surface area contributed by atoms with Crippen LogP contribution in [0.1, 0.15) is 25.3 Å². The van der Waals surface area contributed by atoms with Gasteiger partial charge in [0.15, 0.2) is 0 Å². The van der Waals surface area contributed by atoms with Gasteiger partial charge in [-0.2, -0.15) is 0 Å². The molecule has 1 aliphatic rings. The molecule has 0 saturated carbocycles. The lowest BCUT2D eigenvalue weighted by Crippen LogP contribution is -2.45. The fraction of sp³-hybridized carbons (Fsp3) is 0.292. The first-order valence-corrected chi connectivity index (χ1v) is 9.94. The monoisotopic (exact) mass is 393 g/mol. The topological polar surface area (TPSA) is 47.6 Å². The number of carbonyl (C=O) groups excluding carboxylic acids is 1. The highest BCUT2D eigenvalue weighted by Gasteiger charge is 2.43. The lowest BCUT2D eigenvalue weighted by molar-refractivity contribution is -0.125. The lowest BCUT2D eigenvalue weighted by atomic mass is 9.73. The van der Waals surface area contributed by atoms with Crippen molar-refractivity contribution >= 4 is 22.4 Å². The molecule has 1 N–H and O–H groups in total. The van der Waals surface area contributed by atoms with Crippen molar-refractivity contribution in [1.29, 1.82) is 0 Å². The second kappa shape index (κ2) is 8.21. The first-order chi connectivity index (χ1) is 14.2. The van der Waals surface area contributed by atoms with E-state index in [4.69, 9.17) is 9.47 Å². The normalized spacial score (nSPS) is 15.8. The Balaban J connectivity index is 1.74. The Hall–Kier alpha value is -2.92. The summed E-state index contributed by atoms with van der Waals surface area (Å²) in [5.74, 6) is 0.206. The zero-order valence-corrected chi connectivity index (χ0v) is 16.4. The minimum atomic E-state index is -0.955. The molecule has 0 radical (unpaired) electrons. The summed E-state index contributed by atoms with van der Waals surface area (Å²) in [6.45, 7) is 3.34. The molecule has 1 heterocycles. The third-order valence-corrected chi connectivity index (χ3v) is 5.60. The summed E-state index contributed by atoms with van der Waals surface area (Å²) in [7, 11) is 0. The number of benzene rings is 3. The van der Waals surface area contributed by atoms with Crippen LogP contribution in [-0.2, 0) is 14.9 Å². The van der Waals surface area contributed by atoms with Crippen LogP contribution in [0, 0.1) is 5.82 Å². The van der Waals surface area contributed by atoms with Crippen molar-refractivity contribution in [1.82, 2.24) is 0 Å². The van der Waals surface area contributed by atoms with E-state index < -0.39 is 5.41 Å². The molecule has 29 heavy (non-hydrogen) atoms. The van der Waals surface area contributed by atoms with Gasteiger partial charge in [0.2, 0.25) is 5.91 Å². The zero-order valence-electron chi connectivity index (χ0n) is 16.4. The van der Waals surface area contributed by atoms with Crippen LogP contribution in [0.25, 0.3) is 10.8 Å². The van der Waals surface area contributed by atoms with Crippen molar-refractivity contribution in [3.8, 4) is 5.75 Å². The van der Waals surface area contributed by atoms with Crippen molar-refractivity contribution in [2.24, 2.45) is 0 Å². The Morgan fingerprint density at radius 1 is 1.03 bits per heavy atom. The molecule has 1 fully saturated rings. The maximum atomic E-state index is 14.7. The second-order valence-corrected chi connectivity index (χ2v) is 7.22. The summed E-state index contributed by atoms with van der Waals surface area (Å²) in [6.07, 6.45) is 0.878. The molecule has 0 spiro atoms. The molecule has 5 heteroatoms. The highest BCUT2D eigenvalue weighted by atomic mass is 19.1. The van der Waals surface area contributed by atoms with E-state index in [-0.39, 0.29) is 11.7 Å². The van der Waals surface area contributed by atoms with E-state index in [1.54, 1.807) is 18.2 Å². The molecule has 150 valence electrons. The molecule has 0 aromatic heterocycles. The van der Waals surface area contributed by atoms with Crippen LogP contribution >= 0.6 is 0 Å². The molecular formula is C24H24FNO3. The average molecular weight is 393 g/mol. The number of carbonyl (C=O) groups is 1. The van der Waals surface area contributed by atoms with Gasteiger partial charge in [0, 0.05) is 35.2 Å². The van der Waals surface area contributed by atoms with Crippen LogP contribution in [0.5, 0.6) is 5.75 Å². The molecule has 0 bridgehead atoms. The summed E-state index contributed by atoms with van der Waals surface area (Å²) < 4.78 is 25.9. The number of halogens is 1. The largest absolute Gasteiger partial charge is 0.493 e. The van der Waals surface area contributed by atoms with E-state index in [0.717, 1.165) is 16.5 Å². The Morgan fingerprint density at radius 3 is 2.45 bits per heavy atom. The van der Waals surface area contributed by atoms with Gasteiger partial charge in [-0.3, -0.25) is 4.79 Å². The Kier molecular flexibility index (Phi) is 5.49. The molecule has 1 aliphatic heterocycles. The van der Waals surface area contributed by atoms with Crippen LogP contribution < -0.4 is 10.1 Å². The van der Waals surface area contributed by atoms with E-state index in [1.165, 1.54) is 6.07 Å². The Morgan fingerprint density at radius 2 is 1.72 bits per heavy atom. The number of nitrogens with one attached hydrogen (secondary N) is 1. The maximum absolute atomic E-state index is 14.7. The Bertz CT molecular complexity index is 1030. The number of anilines is 1. The fourth-order valence-corrected chi connectivity index (χ4v) is 4.09. The molecule has 0 unspecified atom stereocenters. The summed E-state index contributed by atoms with van der Waals surface area (Å²) in [4.78, 5) is 13.5. The second-order valence-electron chi connectivity index (χ2n) is 7.22. The van der Waals surface area contributed by atoms with E-state index in [2.05, 4.69) is 5.32 Å². The van der Waals surface area contributed by atoms with Gasteiger partial charge in [-0.05, 0) is 38.0 Å². The predicted octanol–water partition coefficient (Wildman–Crippen LogP) is 5.06. The van der Waals surface area contributed by atoms with Gasteiger partial charge in [0.25, 0.3) is 0 Å². The van der Waals surface area contributed by atoms with E-state index in [0.29, 0.717) is 43.9 Å². The van der Waals surface area contributed by atoms with Crippen molar-refractivity contribution in [3.05, 3.63) is 72.0 Å². The van der Waals surface area contributed by atoms with E-state index >= 15 is 0 Å². The highest BCUT2D eigenvalue weighted by Crippen LogP contribution is 2.39. The van der Waals surface area contributed by atoms with Crippen LogP contribution in [-0.4, -0.2) is 25.7 Å². The molecule has 4 nitrogen and oxygen atoms in total. The summed E-state index contributed by atoms with van der Waals surface area (Å²) in [5, 5.41) is 4.89. The van der Waals surface area contributed by atoms with Crippen molar-refractivity contribution in [2.45, 2.75) is 25.2 Å². The SMILES string of the molecule is CCOc1ccc(NC(=O)C2(c3ccccc3F)CCOCC2)c2ccccc12. The third kappa shape index (κ3) is 3.58. The highest BCUT2D eigenvalue weighted by molar-refractivity contribution is 6.07. The van der Waals surface area contributed by atoms with Crippen LogP contribution in [0.3, 0.4) is 0 Å². The van der Waals surface area contributed by atoms with Gasteiger partial charge >= 0.3 is 0 Å². The molecule has 3 aromatic rings. The first-order valence-electron chi connectivity index (χ1n) is 9.94. The maximum Gasteiger partial charge on any atom is 0.235 e. The summed E-state index contributed by atoms with van der Waals surface area (Å²) in [6, 6.07) is 18.0. The molecular weight excluding hydrogens is 369 g/mol. The number of hydrogen-bond acceptors (Lipinski definition) is 3. The van der Waals surface area contributed by atoms with Gasteiger partial charge in [0.05, 0.1) is 12.0 Å². The molecule has 1 amide bonds. The van der Waals surface area contributed by atoms with Crippen molar-refractivity contribution < 1.29 is 18.7 Å². The fourth-order valence-electron chi connectivity index (χ4n) is 4.09. The van der Waals surface area contributed by atoms with Gasteiger partial charge in [-0.15, -0.1) is 0 Å². The number of ether oxygens (including phenoxy) is 2. The van der Waals surface area contributed by atoms with Gasteiger partial charge in [-0.1, -0.05) is 42.5 Å². The van der Waals surface area contributed by atoms with Crippen LogP contribution in [0.15, 0.2) is 60.7 Å². The molecule has 4 rings (SSSR count). The minimum Gasteiger partial charge on any atom is -0.493 e. The number of fused-ring (bicyclic) bond motifs is 1. The molecule has 0 aliphatic carbocycles. The standard InChI is InChI=1S/C24H24FNO3/c1-2-29-22-12-11-21(17-7-3-4-8-18(17)22)26-23(27)24(13-15-28-16-14-24)19-9-5-6-10-20(19)25/h3-12H,2,13-16H2,1H3,(H,26,27). The van der Waals surface area contributed by atoms with Gasteiger partial charge in [-0.25, -0.2) is 4.39 Å². The first kappa shape index (κ1) is 19.4. The molecule has 3 aromatic carbocycles. The average Bonchev–Trinajstić information content (AvgIpc) is 2.76. The van der Waals surface area contributed by atoms with Crippen LogP contribution in [0.2, 0.25) is 0 Å². The smallest absolute Gasteiger partial charge is 0.235 e. The number of amides is 1. The van der Waals surface area contributed by atoms with Gasteiger partial charge in [0.1, 0.15) is 11.6 Å². The van der Waals surface area contributed by atoms with E-state index in [1.807, 2.05) is 43.3 Å². The third-order valence-electron chi connectivity index (χ3n) is 5.60.